The summed E-state index contributed by atoms with van der Waals surface area (Å²) in [6.45, 7) is 3.27. The number of ether oxygens (including phenoxy) is 1. The van der Waals surface area contributed by atoms with E-state index in [9.17, 15) is 12.8 Å². The first kappa shape index (κ1) is 16.9. The van der Waals surface area contributed by atoms with Gasteiger partial charge in [0, 0.05) is 17.1 Å². The van der Waals surface area contributed by atoms with Crippen LogP contribution in [0, 0.1) is 12.7 Å². The van der Waals surface area contributed by atoms with Crippen molar-refractivity contribution in [2.75, 3.05) is 7.11 Å². The van der Waals surface area contributed by atoms with Gasteiger partial charge in [0.2, 0.25) is 10.0 Å². The van der Waals surface area contributed by atoms with Gasteiger partial charge in [0.25, 0.3) is 0 Å². The van der Waals surface area contributed by atoms with Crippen LogP contribution in [0.25, 0.3) is 0 Å². The molecule has 1 heterocycles. The first-order valence-electron chi connectivity index (χ1n) is 6.65. The van der Waals surface area contributed by atoms with Gasteiger partial charge in [-0.25, -0.2) is 22.5 Å². The molecule has 0 bridgehead atoms. The summed E-state index contributed by atoms with van der Waals surface area (Å²) < 4.78 is 46.5. The van der Waals surface area contributed by atoms with Gasteiger partial charge in [0.15, 0.2) is 11.6 Å². The lowest BCUT2D eigenvalue weighted by atomic mass is 10.2. The van der Waals surface area contributed by atoms with Crippen LogP contribution in [-0.2, 0) is 10.0 Å². The van der Waals surface area contributed by atoms with Crippen LogP contribution in [0.4, 0.5) is 4.39 Å². The van der Waals surface area contributed by atoms with E-state index in [1.165, 1.54) is 37.5 Å². The summed E-state index contributed by atoms with van der Waals surface area (Å²) in [5.41, 5.74) is 0.0286. The fraction of sp³-hybridized carbons (Fsp3) is 0.357. The summed E-state index contributed by atoms with van der Waals surface area (Å²) >= 11 is 1.37. The number of thiazole rings is 1. The number of nitrogens with zero attached hydrogens (tertiary/aromatic N) is 1. The molecule has 0 aliphatic heterocycles. The second-order valence-electron chi connectivity index (χ2n) is 4.66. The van der Waals surface area contributed by atoms with Crippen molar-refractivity contribution in [3.63, 3.8) is 0 Å². The molecule has 0 radical (unpaired) electrons. The maximum Gasteiger partial charge on any atom is 0.241 e. The zero-order valence-corrected chi connectivity index (χ0v) is 14.1. The van der Waals surface area contributed by atoms with Gasteiger partial charge in [-0.1, -0.05) is 6.92 Å². The Balaban J connectivity index is 2.37. The van der Waals surface area contributed by atoms with Gasteiger partial charge in [-0.2, -0.15) is 0 Å². The van der Waals surface area contributed by atoms with E-state index in [0.717, 1.165) is 0 Å². The summed E-state index contributed by atoms with van der Waals surface area (Å²) in [6.07, 6.45) is 2.17. The minimum absolute atomic E-state index is 0.0171. The van der Waals surface area contributed by atoms with Crippen LogP contribution in [0.2, 0.25) is 0 Å². The number of rotatable bonds is 6. The predicted octanol–water partition coefficient (Wildman–Crippen LogP) is 3.03. The first-order chi connectivity index (χ1) is 10.4. The molecule has 0 spiro atoms. The van der Waals surface area contributed by atoms with Crippen LogP contribution in [-0.4, -0.2) is 20.5 Å². The van der Waals surface area contributed by atoms with E-state index < -0.39 is 21.9 Å². The molecule has 1 N–H and O–H groups in total. The van der Waals surface area contributed by atoms with Gasteiger partial charge >= 0.3 is 0 Å². The number of hydrogen-bond donors (Lipinski definition) is 1. The average molecular weight is 344 g/mol. The molecule has 1 aromatic carbocycles. The highest BCUT2D eigenvalue weighted by atomic mass is 32.2. The molecular weight excluding hydrogens is 327 g/mol. The van der Waals surface area contributed by atoms with Gasteiger partial charge in [-0.15, -0.1) is 11.3 Å². The Hall–Kier alpha value is -1.51. The Morgan fingerprint density at radius 3 is 2.73 bits per heavy atom. The highest BCUT2D eigenvalue weighted by Gasteiger charge is 2.25. The third kappa shape index (κ3) is 3.29. The van der Waals surface area contributed by atoms with Crippen LogP contribution in [0.15, 0.2) is 28.6 Å². The number of benzene rings is 1. The molecular formula is C14H17FN2O3S2. The zero-order valence-electron chi connectivity index (χ0n) is 12.5. The molecule has 0 aliphatic rings. The Labute approximate surface area is 133 Å². The molecule has 0 amide bonds. The van der Waals surface area contributed by atoms with E-state index in [4.69, 9.17) is 4.74 Å². The monoisotopic (exact) mass is 344 g/mol. The third-order valence-electron chi connectivity index (χ3n) is 3.27. The SMILES string of the molecule is CC[C@@H](NS(=O)(=O)c1ccc(OC)c(F)c1C)c1nccs1. The van der Waals surface area contributed by atoms with Gasteiger partial charge in [0.1, 0.15) is 5.01 Å². The highest BCUT2D eigenvalue weighted by Crippen LogP contribution is 2.28. The van der Waals surface area contributed by atoms with Gasteiger partial charge in [0.05, 0.1) is 18.0 Å². The second kappa shape index (κ2) is 6.72. The van der Waals surface area contributed by atoms with E-state index in [2.05, 4.69) is 9.71 Å². The van der Waals surface area contributed by atoms with Crippen molar-refractivity contribution in [1.29, 1.82) is 0 Å². The van der Waals surface area contributed by atoms with Crippen molar-refractivity contribution >= 4 is 21.4 Å². The van der Waals surface area contributed by atoms with Crippen molar-refractivity contribution in [2.24, 2.45) is 0 Å². The minimum atomic E-state index is -3.85. The molecule has 2 aromatic rings. The largest absolute Gasteiger partial charge is 0.494 e. The third-order valence-corrected chi connectivity index (χ3v) is 5.77. The van der Waals surface area contributed by atoms with Crippen molar-refractivity contribution in [1.82, 2.24) is 9.71 Å². The smallest absolute Gasteiger partial charge is 0.241 e. The van der Waals surface area contributed by atoms with Crippen molar-refractivity contribution in [3.05, 3.63) is 40.1 Å². The van der Waals surface area contributed by atoms with E-state index in [0.29, 0.717) is 11.4 Å². The summed E-state index contributed by atoms with van der Waals surface area (Å²) in [7, 11) is -2.52. The lowest BCUT2D eigenvalue weighted by molar-refractivity contribution is 0.384. The molecule has 8 heteroatoms. The number of halogens is 1. The lowest BCUT2D eigenvalue weighted by Gasteiger charge is -2.16. The van der Waals surface area contributed by atoms with E-state index in [1.54, 1.807) is 11.6 Å². The molecule has 0 saturated heterocycles. The normalized spacial score (nSPS) is 13.1. The molecule has 5 nitrogen and oxygen atoms in total. The van der Waals surface area contributed by atoms with Crippen LogP contribution < -0.4 is 9.46 Å². The Bertz CT molecular complexity index is 746. The van der Waals surface area contributed by atoms with Crippen molar-refractivity contribution < 1.29 is 17.5 Å². The molecule has 0 unspecified atom stereocenters. The lowest BCUT2D eigenvalue weighted by Crippen LogP contribution is -2.29. The Morgan fingerprint density at radius 1 is 1.45 bits per heavy atom. The van der Waals surface area contributed by atoms with E-state index in [1.807, 2.05) is 6.92 Å². The zero-order chi connectivity index (χ0) is 16.3. The first-order valence-corrected chi connectivity index (χ1v) is 9.01. The molecule has 1 atom stereocenters. The quantitative estimate of drug-likeness (QED) is 0.874. The number of sulfonamides is 1. The van der Waals surface area contributed by atoms with Gasteiger partial charge in [-0.3, -0.25) is 0 Å². The molecule has 22 heavy (non-hydrogen) atoms. The predicted molar refractivity (Wildman–Crippen MR) is 83.2 cm³/mol. The van der Waals surface area contributed by atoms with E-state index in [-0.39, 0.29) is 16.2 Å². The molecule has 0 aliphatic carbocycles. The summed E-state index contributed by atoms with van der Waals surface area (Å²) in [5, 5.41) is 2.46. The molecule has 0 saturated carbocycles. The number of aromatic nitrogens is 1. The second-order valence-corrected chi connectivity index (χ2v) is 7.27. The van der Waals surface area contributed by atoms with Gasteiger partial charge in [-0.05, 0) is 25.5 Å². The number of nitrogens with one attached hydrogen (secondary N) is 1. The van der Waals surface area contributed by atoms with Crippen LogP contribution in [0.3, 0.4) is 0 Å². The van der Waals surface area contributed by atoms with Crippen molar-refractivity contribution in [3.8, 4) is 5.75 Å². The standard InChI is InChI=1S/C14H17FN2O3S2/c1-4-10(14-16-7-8-21-14)17-22(18,19)12-6-5-11(20-3)13(15)9(12)2/h5-8,10,17H,4H2,1-3H3/t10-/m1/s1. The highest BCUT2D eigenvalue weighted by molar-refractivity contribution is 7.89. The molecule has 120 valence electrons. The summed E-state index contributed by atoms with van der Waals surface area (Å²) in [5.74, 6) is -0.656. The topological polar surface area (TPSA) is 68.3 Å². The van der Waals surface area contributed by atoms with Crippen LogP contribution in [0.5, 0.6) is 5.75 Å². The van der Waals surface area contributed by atoms with Crippen molar-refractivity contribution in [2.45, 2.75) is 31.2 Å². The maximum absolute atomic E-state index is 14.1. The average Bonchev–Trinajstić information content (AvgIpc) is 3.01. The number of methoxy groups -OCH3 is 1. The number of hydrogen-bond acceptors (Lipinski definition) is 5. The Morgan fingerprint density at radius 2 is 2.18 bits per heavy atom. The Kier molecular flexibility index (Phi) is 5.15. The van der Waals surface area contributed by atoms with Crippen LogP contribution >= 0.6 is 11.3 Å². The minimum Gasteiger partial charge on any atom is -0.494 e. The maximum atomic E-state index is 14.1. The molecule has 0 fully saturated rings. The van der Waals surface area contributed by atoms with Gasteiger partial charge < -0.3 is 4.74 Å². The van der Waals surface area contributed by atoms with E-state index >= 15 is 0 Å². The molecule has 1 aromatic heterocycles. The fourth-order valence-electron chi connectivity index (χ4n) is 2.06. The van der Waals surface area contributed by atoms with Crippen LogP contribution in [0.1, 0.15) is 30.0 Å². The summed E-state index contributed by atoms with van der Waals surface area (Å²) in [4.78, 5) is 4.03. The summed E-state index contributed by atoms with van der Waals surface area (Å²) in [6, 6.07) is 2.21. The molecule has 2 rings (SSSR count). The fourth-order valence-corrected chi connectivity index (χ4v) is 4.42.